The summed E-state index contributed by atoms with van der Waals surface area (Å²) in [4.78, 5) is 17.7. The van der Waals surface area contributed by atoms with Crippen LogP contribution in [-0.4, -0.2) is 27.9 Å². The second-order valence-corrected chi connectivity index (χ2v) is 5.04. The van der Waals surface area contributed by atoms with E-state index in [1.165, 1.54) is 6.07 Å². The van der Waals surface area contributed by atoms with E-state index in [2.05, 4.69) is 20.9 Å². The molecule has 0 unspecified atom stereocenters. The average molecular weight is 321 g/mol. The van der Waals surface area contributed by atoms with Crippen molar-refractivity contribution in [2.24, 2.45) is 0 Å². The number of hydrogen-bond donors (Lipinski definition) is 1. The van der Waals surface area contributed by atoms with Crippen molar-refractivity contribution in [2.75, 3.05) is 7.05 Å². The standard InChI is InChI=1S/C14H13BrN2O2/c1-17(9-10-4-6-16-7-5-10)14(19)11-2-3-12(15)13(18)8-11/h2-8,18H,9H2,1H3. The Morgan fingerprint density at radius 3 is 2.63 bits per heavy atom. The lowest BCUT2D eigenvalue weighted by Gasteiger charge is -2.17. The molecule has 0 radical (unpaired) electrons. The third-order valence-corrected chi connectivity index (χ3v) is 3.38. The number of phenols is 1. The van der Waals surface area contributed by atoms with Gasteiger partial charge in [-0.25, -0.2) is 0 Å². The Balaban J connectivity index is 2.12. The van der Waals surface area contributed by atoms with Gasteiger partial charge in [0.05, 0.1) is 4.47 Å². The summed E-state index contributed by atoms with van der Waals surface area (Å²) >= 11 is 3.19. The summed E-state index contributed by atoms with van der Waals surface area (Å²) in [5.41, 5.74) is 1.46. The number of benzene rings is 1. The number of amides is 1. The topological polar surface area (TPSA) is 53.4 Å². The van der Waals surface area contributed by atoms with Gasteiger partial charge in [-0.3, -0.25) is 9.78 Å². The highest BCUT2D eigenvalue weighted by Crippen LogP contribution is 2.24. The quantitative estimate of drug-likeness (QED) is 0.946. The molecule has 0 saturated carbocycles. The molecule has 1 heterocycles. The second kappa shape index (κ2) is 5.84. The number of halogens is 1. The van der Waals surface area contributed by atoms with E-state index in [0.29, 0.717) is 16.6 Å². The van der Waals surface area contributed by atoms with Crippen molar-refractivity contribution < 1.29 is 9.90 Å². The number of carbonyl (C=O) groups excluding carboxylic acids is 1. The predicted molar refractivity (Wildman–Crippen MR) is 75.8 cm³/mol. The third-order valence-electron chi connectivity index (χ3n) is 2.71. The van der Waals surface area contributed by atoms with Gasteiger partial charge in [-0.05, 0) is 51.8 Å². The van der Waals surface area contributed by atoms with Crippen molar-refractivity contribution in [3.8, 4) is 5.75 Å². The first-order valence-electron chi connectivity index (χ1n) is 5.71. The number of aromatic hydroxyl groups is 1. The van der Waals surface area contributed by atoms with Crippen LogP contribution >= 0.6 is 15.9 Å². The number of nitrogens with zero attached hydrogens (tertiary/aromatic N) is 2. The smallest absolute Gasteiger partial charge is 0.254 e. The van der Waals surface area contributed by atoms with Crippen molar-refractivity contribution >= 4 is 21.8 Å². The summed E-state index contributed by atoms with van der Waals surface area (Å²) in [6, 6.07) is 8.51. The van der Waals surface area contributed by atoms with E-state index in [1.807, 2.05) is 12.1 Å². The van der Waals surface area contributed by atoms with Crippen LogP contribution in [0.1, 0.15) is 15.9 Å². The van der Waals surface area contributed by atoms with Crippen molar-refractivity contribution in [1.29, 1.82) is 0 Å². The van der Waals surface area contributed by atoms with E-state index in [0.717, 1.165) is 5.56 Å². The SMILES string of the molecule is CN(Cc1ccncc1)C(=O)c1ccc(Br)c(O)c1. The van der Waals surface area contributed by atoms with Gasteiger partial charge >= 0.3 is 0 Å². The van der Waals surface area contributed by atoms with Crippen molar-refractivity contribution in [3.63, 3.8) is 0 Å². The monoisotopic (exact) mass is 320 g/mol. The highest BCUT2D eigenvalue weighted by atomic mass is 79.9. The minimum absolute atomic E-state index is 0.0585. The molecule has 1 N–H and O–H groups in total. The fourth-order valence-corrected chi connectivity index (χ4v) is 1.95. The van der Waals surface area contributed by atoms with Gasteiger partial charge in [0.15, 0.2) is 0 Å². The normalized spacial score (nSPS) is 10.2. The second-order valence-electron chi connectivity index (χ2n) is 4.18. The van der Waals surface area contributed by atoms with Crippen LogP contribution < -0.4 is 0 Å². The molecule has 2 aromatic rings. The van der Waals surface area contributed by atoms with E-state index < -0.39 is 0 Å². The van der Waals surface area contributed by atoms with Gasteiger partial charge in [0.1, 0.15) is 5.75 Å². The van der Waals surface area contributed by atoms with Crippen molar-refractivity contribution in [3.05, 3.63) is 58.3 Å². The molecule has 4 nitrogen and oxygen atoms in total. The molecular weight excluding hydrogens is 308 g/mol. The number of rotatable bonds is 3. The highest BCUT2D eigenvalue weighted by molar-refractivity contribution is 9.10. The van der Waals surface area contributed by atoms with Crippen LogP contribution in [0.2, 0.25) is 0 Å². The van der Waals surface area contributed by atoms with Crippen LogP contribution in [0.3, 0.4) is 0 Å². The Hall–Kier alpha value is -1.88. The molecule has 0 saturated heterocycles. The Morgan fingerprint density at radius 1 is 1.32 bits per heavy atom. The summed E-state index contributed by atoms with van der Waals surface area (Å²) in [7, 11) is 1.72. The first-order valence-corrected chi connectivity index (χ1v) is 6.50. The van der Waals surface area contributed by atoms with E-state index in [1.54, 1.807) is 36.5 Å². The van der Waals surface area contributed by atoms with E-state index in [4.69, 9.17) is 0 Å². The fourth-order valence-electron chi connectivity index (χ4n) is 1.70. The number of carbonyl (C=O) groups is 1. The van der Waals surface area contributed by atoms with Crippen LogP contribution in [0.25, 0.3) is 0 Å². The Labute approximate surface area is 119 Å². The Bertz CT molecular complexity index is 587. The zero-order chi connectivity index (χ0) is 13.8. The first-order chi connectivity index (χ1) is 9.08. The van der Waals surface area contributed by atoms with Crippen LogP contribution in [0.4, 0.5) is 0 Å². The van der Waals surface area contributed by atoms with Gasteiger partial charge in [0, 0.05) is 31.5 Å². The summed E-state index contributed by atoms with van der Waals surface area (Å²) in [6.07, 6.45) is 3.39. The molecule has 2 rings (SSSR count). The molecule has 1 aromatic heterocycles. The zero-order valence-electron chi connectivity index (χ0n) is 10.4. The third kappa shape index (κ3) is 3.32. The molecule has 0 aliphatic heterocycles. The lowest BCUT2D eigenvalue weighted by molar-refractivity contribution is 0.0784. The first kappa shape index (κ1) is 13.5. The summed E-state index contributed by atoms with van der Waals surface area (Å²) in [6.45, 7) is 0.498. The van der Waals surface area contributed by atoms with Crippen LogP contribution in [0.15, 0.2) is 47.2 Å². The molecule has 98 valence electrons. The van der Waals surface area contributed by atoms with E-state index in [9.17, 15) is 9.90 Å². The molecule has 0 bridgehead atoms. The molecule has 1 aromatic carbocycles. The molecule has 0 fully saturated rings. The Morgan fingerprint density at radius 2 is 2.00 bits per heavy atom. The van der Waals surface area contributed by atoms with Crippen LogP contribution in [0, 0.1) is 0 Å². The molecule has 5 heteroatoms. The van der Waals surface area contributed by atoms with Gasteiger partial charge in [-0.1, -0.05) is 0 Å². The minimum atomic E-state index is -0.139. The molecule has 0 aliphatic rings. The maximum atomic E-state index is 12.2. The lowest BCUT2D eigenvalue weighted by Crippen LogP contribution is -2.26. The molecule has 0 spiro atoms. The van der Waals surface area contributed by atoms with Crippen molar-refractivity contribution in [2.45, 2.75) is 6.54 Å². The average Bonchev–Trinajstić information content (AvgIpc) is 2.42. The minimum Gasteiger partial charge on any atom is -0.507 e. The molecule has 19 heavy (non-hydrogen) atoms. The number of hydrogen-bond acceptors (Lipinski definition) is 3. The highest BCUT2D eigenvalue weighted by Gasteiger charge is 2.13. The van der Waals surface area contributed by atoms with Crippen LogP contribution in [0.5, 0.6) is 5.75 Å². The summed E-state index contributed by atoms with van der Waals surface area (Å²) < 4.78 is 0.570. The van der Waals surface area contributed by atoms with Gasteiger partial charge in [-0.2, -0.15) is 0 Å². The molecule has 0 atom stereocenters. The van der Waals surface area contributed by atoms with E-state index >= 15 is 0 Å². The van der Waals surface area contributed by atoms with Gasteiger partial charge in [0.25, 0.3) is 5.91 Å². The van der Waals surface area contributed by atoms with Crippen molar-refractivity contribution in [1.82, 2.24) is 9.88 Å². The van der Waals surface area contributed by atoms with Gasteiger partial charge < -0.3 is 10.0 Å². The largest absolute Gasteiger partial charge is 0.507 e. The van der Waals surface area contributed by atoms with Crippen LogP contribution in [-0.2, 0) is 6.54 Å². The summed E-state index contributed by atoms with van der Waals surface area (Å²) in [5, 5.41) is 9.59. The predicted octanol–water partition coefficient (Wildman–Crippen LogP) is 2.82. The maximum absolute atomic E-state index is 12.2. The Kier molecular flexibility index (Phi) is 4.16. The number of pyridine rings is 1. The number of phenolic OH excluding ortho intramolecular Hbond substituents is 1. The fraction of sp³-hybridized carbons (Fsp3) is 0.143. The zero-order valence-corrected chi connectivity index (χ0v) is 12.0. The lowest BCUT2D eigenvalue weighted by atomic mass is 10.1. The van der Waals surface area contributed by atoms with Gasteiger partial charge in [0.2, 0.25) is 0 Å². The van der Waals surface area contributed by atoms with E-state index in [-0.39, 0.29) is 11.7 Å². The molecule has 0 aliphatic carbocycles. The molecule has 1 amide bonds. The maximum Gasteiger partial charge on any atom is 0.254 e. The van der Waals surface area contributed by atoms with Gasteiger partial charge in [-0.15, -0.1) is 0 Å². The summed E-state index contributed by atoms with van der Waals surface area (Å²) in [5.74, 6) is -0.0808. The molecular formula is C14H13BrN2O2. The number of aromatic nitrogens is 1.